The average molecular weight is 628 g/mol. The first-order chi connectivity index (χ1) is 22.5. The number of hydrogen-bond acceptors (Lipinski definition) is 10. The number of carboxylic acids is 1. The Bertz CT molecular complexity index is 1540. The first kappa shape index (κ1) is 30.7. The first-order valence-electron chi connectivity index (χ1n) is 16.6. The number of methoxy groups -OCH3 is 1. The number of piperazine rings is 1. The molecule has 11 heteroatoms. The number of ether oxygens (including phenoxy) is 2. The summed E-state index contributed by atoms with van der Waals surface area (Å²) in [5, 5.41) is 22.0. The van der Waals surface area contributed by atoms with E-state index in [-0.39, 0.29) is 6.79 Å². The molecule has 1 atom stereocenters. The third-order valence-corrected chi connectivity index (χ3v) is 10.4. The topological polar surface area (TPSA) is 107 Å². The third kappa shape index (κ3) is 6.23. The number of rotatable bonds is 8. The van der Waals surface area contributed by atoms with Gasteiger partial charge in [0.15, 0.2) is 12.6 Å². The molecule has 3 saturated heterocycles. The molecule has 11 nitrogen and oxygen atoms in total. The number of likely N-dealkylation sites (tertiary alicyclic amines) is 1. The minimum atomic E-state index is -0.857. The number of benzene rings is 2. The van der Waals surface area contributed by atoms with Gasteiger partial charge in [-0.15, -0.1) is 10.2 Å². The molecule has 1 aromatic heterocycles. The highest BCUT2D eigenvalue weighted by molar-refractivity contribution is 5.90. The number of carbonyl (C=O) groups is 1. The zero-order valence-corrected chi connectivity index (χ0v) is 26.9. The number of piperidine rings is 2. The Kier molecular flexibility index (Phi) is 8.97. The Labute approximate surface area is 271 Å². The summed E-state index contributed by atoms with van der Waals surface area (Å²) >= 11 is 0. The van der Waals surface area contributed by atoms with E-state index in [9.17, 15) is 9.90 Å². The summed E-state index contributed by atoms with van der Waals surface area (Å²) in [4.78, 5) is 21.8. The van der Waals surface area contributed by atoms with Crippen molar-refractivity contribution in [2.75, 3.05) is 81.4 Å². The summed E-state index contributed by atoms with van der Waals surface area (Å²) in [7, 11) is 1.62. The van der Waals surface area contributed by atoms with Gasteiger partial charge in [-0.1, -0.05) is 12.1 Å². The van der Waals surface area contributed by atoms with Gasteiger partial charge in [0, 0.05) is 69.7 Å². The third-order valence-electron chi connectivity index (χ3n) is 10.4. The minimum absolute atomic E-state index is 0.186. The largest absolute Gasteiger partial charge is 0.478 e. The number of fused-ring (bicyclic) bond motifs is 3. The van der Waals surface area contributed by atoms with Crippen molar-refractivity contribution in [3.05, 3.63) is 59.7 Å². The monoisotopic (exact) mass is 627 g/mol. The Morgan fingerprint density at radius 1 is 0.913 bits per heavy atom. The van der Waals surface area contributed by atoms with Crippen molar-refractivity contribution < 1.29 is 19.4 Å². The normalized spacial score (nSPS) is 21.4. The Balaban J connectivity index is 0.926. The van der Waals surface area contributed by atoms with Crippen LogP contribution in [-0.2, 0) is 4.74 Å². The maximum absolute atomic E-state index is 11.4. The zero-order chi connectivity index (χ0) is 31.6. The molecule has 4 aliphatic heterocycles. The van der Waals surface area contributed by atoms with Gasteiger partial charge in [-0.3, -0.25) is 4.90 Å². The molecule has 244 valence electrons. The summed E-state index contributed by atoms with van der Waals surface area (Å²) in [5.74, 6) is 0.739. The number of nitrogens with one attached hydrogen (secondary N) is 1. The second kappa shape index (κ2) is 13.4. The second-order valence-electron chi connectivity index (χ2n) is 13.0. The van der Waals surface area contributed by atoms with E-state index in [0.29, 0.717) is 23.7 Å². The van der Waals surface area contributed by atoms with Gasteiger partial charge in [0.05, 0.1) is 23.0 Å². The van der Waals surface area contributed by atoms with Crippen LogP contribution in [0.4, 0.5) is 17.2 Å². The summed E-state index contributed by atoms with van der Waals surface area (Å²) in [6.45, 7) is 10.4. The number of para-hydroxylation sites is 1. The van der Waals surface area contributed by atoms with E-state index in [1.54, 1.807) is 13.2 Å². The molecule has 7 rings (SSSR count). The molecule has 2 aromatic carbocycles. The quantitative estimate of drug-likeness (QED) is 0.352. The van der Waals surface area contributed by atoms with Crippen LogP contribution in [0, 0.1) is 6.92 Å². The smallest absolute Gasteiger partial charge is 0.335 e. The van der Waals surface area contributed by atoms with Crippen molar-refractivity contribution in [1.29, 1.82) is 0 Å². The summed E-state index contributed by atoms with van der Waals surface area (Å²) in [6.07, 6.45) is 4.76. The number of aromatic carboxylic acids is 1. The summed E-state index contributed by atoms with van der Waals surface area (Å²) in [5.41, 5.74) is 5.20. The van der Waals surface area contributed by atoms with E-state index in [4.69, 9.17) is 9.47 Å². The molecule has 3 fully saturated rings. The van der Waals surface area contributed by atoms with Crippen molar-refractivity contribution in [2.24, 2.45) is 0 Å². The van der Waals surface area contributed by atoms with Crippen LogP contribution >= 0.6 is 0 Å². The van der Waals surface area contributed by atoms with Crippen LogP contribution in [0.25, 0.3) is 11.3 Å². The predicted octanol–water partition coefficient (Wildman–Crippen LogP) is 4.18. The molecule has 0 amide bonds. The lowest BCUT2D eigenvalue weighted by atomic mass is 9.95. The zero-order valence-electron chi connectivity index (χ0n) is 26.9. The highest BCUT2D eigenvalue weighted by Gasteiger charge is 2.37. The Morgan fingerprint density at radius 2 is 1.67 bits per heavy atom. The molecule has 5 heterocycles. The SMILES string of the molecule is COCOc1ccccc1-c1cc2c(nn1)NCC1CN(C3CCN(C4CCN(c5ccc(C(=O)O)c(C)c5)CC4)CC3)CCN21. The molecule has 0 radical (unpaired) electrons. The summed E-state index contributed by atoms with van der Waals surface area (Å²) in [6, 6.07) is 17.5. The molecule has 1 unspecified atom stereocenters. The van der Waals surface area contributed by atoms with Crippen molar-refractivity contribution in [2.45, 2.75) is 50.7 Å². The van der Waals surface area contributed by atoms with Gasteiger partial charge >= 0.3 is 5.97 Å². The maximum atomic E-state index is 11.4. The van der Waals surface area contributed by atoms with Gasteiger partial charge < -0.3 is 34.6 Å². The number of aryl methyl sites for hydroxylation is 1. The fraction of sp³-hybridized carbons (Fsp3) is 0.514. The predicted molar refractivity (Wildman–Crippen MR) is 179 cm³/mol. The fourth-order valence-corrected chi connectivity index (χ4v) is 7.89. The number of anilines is 3. The van der Waals surface area contributed by atoms with E-state index >= 15 is 0 Å². The number of hydrogen-bond donors (Lipinski definition) is 2. The molecule has 3 aromatic rings. The molecule has 46 heavy (non-hydrogen) atoms. The molecule has 2 N–H and O–H groups in total. The number of aromatic nitrogens is 2. The van der Waals surface area contributed by atoms with Crippen LogP contribution < -0.4 is 19.9 Å². The highest BCUT2D eigenvalue weighted by atomic mass is 16.7. The highest BCUT2D eigenvalue weighted by Crippen LogP contribution is 2.37. The van der Waals surface area contributed by atoms with Crippen LogP contribution in [0.1, 0.15) is 41.6 Å². The second-order valence-corrected chi connectivity index (χ2v) is 13.0. The molecule has 0 spiro atoms. The lowest BCUT2D eigenvalue weighted by Crippen LogP contribution is -2.61. The van der Waals surface area contributed by atoms with Crippen LogP contribution in [-0.4, -0.2) is 115 Å². The Hall–Kier alpha value is -3.93. The van der Waals surface area contributed by atoms with Crippen molar-refractivity contribution in [1.82, 2.24) is 20.0 Å². The molecule has 4 aliphatic rings. The van der Waals surface area contributed by atoms with Gasteiger partial charge in [-0.25, -0.2) is 4.79 Å². The van der Waals surface area contributed by atoms with Crippen LogP contribution in [0.15, 0.2) is 48.5 Å². The van der Waals surface area contributed by atoms with E-state index in [0.717, 1.165) is 105 Å². The standard InChI is InChI=1S/C35H45N7O4/c1-24-19-27(7-8-29(24)35(43)44)40-15-9-25(10-16-40)39-13-11-26(12-14-39)41-17-18-42-28(22-41)21-36-34-32(42)20-31(37-38-34)30-5-3-4-6-33(30)46-23-45-2/h3-8,19-20,25-26,28H,9-18,21-23H2,1-2H3,(H,36,38)(H,43,44). The van der Waals surface area contributed by atoms with E-state index in [1.165, 1.54) is 12.8 Å². The van der Waals surface area contributed by atoms with Gasteiger partial charge in [-0.2, -0.15) is 0 Å². The molecule has 0 bridgehead atoms. The maximum Gasteiger partial charge on any atom is 0.335 e. The van der Waals surface area contributed by atoms with Crippen molar-refractivity contribution in [3.63, 3.8) is 0 Å². The van der Waals surface area contributed by atoms with Gasteiger partial charge in [0.1, 0.15) is 5.75 Å². The average Bonchev–Trinajstić information content (AvgIpc) is 3.10. The van der Waals surface area contributed by atoms with E-state index in [1.807, 2.05) is 43.3 Å². The van der Waals surface area contributed by atoms with Crippen LogP contribution in [0.2, 0.25) is 0 Å². The molecular formula is C35H45N7O4. The fourth-order valence-electron chi connectivity index (χ4n) is 7.89. The molecule has 0 saturated carbocycles. The van der Waals surface area contributed by atoms with Crippen LogP contribution in [0.5, 0.6) is 5.75 Å². The number of nitrogens with zero attached hydrogens (tertiary/aromatic N) is 6. The van der Waals surface area contributed by atoms with Gasteiger partial charge in [-0.05, 0) is 87.7 Å². The summed E-state index contributed by atoms with van der Waals surface area (Å²) < 4.78 is 10.9. The Morgan fingerprint density at radius 3 is 2.43 bits per heavy atom. The van der Waals surface area contributed by atoms with Crippen LogP contribution in [0.3, 0.4) is 0 Å². The first-order valence-corrected chi connectivity index (χ1v) is 16.6. The van der Waals surface area contributed by atoms with E-state index in [2.05, 4.69) is 41.2 Å². The van der Waals surface area contributed by atoms with Gasteiger partial charge in [0.2, 0.25) is 0 Å². The molecule has 0 aliphatic carbocycles. The minimum Gasteiger partial charge on any atom is -0.478 e. The van der Waals surface area contributed by atoms with E-state index < -0.39 is 5.97 Å². The lowest BCUT2D eigenvalue weighted by Gasteiger charge is -2.50. The lowest BCUT2D eigenvalue weighted by molar-refractivity contribution is 0.0515. The molecular weight excluding hydrogens is 582 g/mol. The van der Waals surface area contributed by atoms with Crippen molar-refractivity contribution >= 4 is 23.2 Å². The number of carboxylic acid groups (broad SMARTS) is 1. The van der Waals surface area contributed by atoms with Gasteiger partial charge in [0.25, 0.3) is 0 Å². The van der Waals surface area contributed by atoms with Crippen molar-refractivity contribution in [3.8, 4) is 17.0 Å².